The highest BCUT2D eigenvalue weighted by Crippen LogP contribution is 2.31. The first kappa shape index (κ1) is 12.7. The second-order valence-corrected chi connectivity index (χ2v) is 6.51. The second-order valence-electron chi connectivity index (χ2n) is 4.05. The SMILES string of the molecule is CCC[C@](C)(O)c1nc(-c2ccc(Br)s2)no1. The van der Waals surface area contributed by atoms with E-state index in [9.17, 15) is 5.11 Å². The molecular weight excluding hydrogens is 304 g/mol. The number of aliphatic hydroxyl groups is 1. The van der Waals surface area contributed by atoms with Crippen LogP contribution in [0.2, 0.25) is 0 Å². The fourth-order valence-electron chi connectivity index (χ4n) is 1.57. The Morgan fingerprint density at radius 3 is 2.88 bits per heavy atom. The van der Waals surface area contributed by atoms with Crippen LogP contribution in [0, 0.1) is 0 Å². The molecule has 2 rings (SSSR count). The van der Waals surface area contributed by atoms with Crippen LogP contribution in [0.15, 0.2) is 20.4 Å². The van der Waals surface area contributed by atoms with Crippen molar-refractivity contribution in [1.82, 2.24) is 10.1 Å². The number of nitrogens with zero attached hydrogens (tertiary/aromatic N) is 2. The fraction of sp³-hybridized carbons (Fsp3) is 0.455. The van der Waals surface area contributed by atoms with Crippen molar-refractivity contribution in [3.05, 3.63) is 21.8 Å². The second kappa shape index (κ2) is 4.88. The van der Waals surface area contributed by atoms with Gasteiger partial charge in [0.05, 0.1) is 8.66 Å². The molecular formula is C11H13BrN2O2S. The molecule has 2 heterocycles. The summed E-state index contributed by atoms with van der Waals surface area (Å²) >= 11 is 4.91. The maximum atomic E-state index is 10.1. The van der Waals surface area contributed by atoms with Gasteiger partial charge in [0.15, 0.2) is 0 Å². The van der Waals surface area contributed by atoms with Gasteiger partial charge in [-0.05, 0) is 41.4 Å². The average molecular weight is 317 g/mol. The van der Waals surface area contributed by atoms with Crippen LogP contribution in [0.3, 0.4) is 0 Å². The molecule has 0 bridgehead atoms. The van der Waals surface area contributed by atoms with E-state index in [1.165, 1.54) is 11.3 Å². The summed E-state index contributed by atoms with van der Waals surface area (Å²) < 4.78 is 6.14. The van der Waals surface area contributed by atoms with Crippen LogP contribution in [0.4, 0.5) is 0 Å². The van der Waals surface area contributed by atoms with Crippen molar-refractivity contribution >= 4 is 27.3 Å². The van der Waals surface area contributed by atoms with Crippen molar-refractivity contribution in [2.75, 3.05) is 0 Å². The molecule has 0 spiro atoms. The largest absolute Gasteiger partial charge is 0.380 e. The lowest BCUT2D eigenvalue weighted by Crippen LogP contribution is -2.21. The predicted molar refractivity (Wildman–Crippen MR) is 69.8 cm³/mol. The van der Waals surface area contributed by atoms with Gasteiger partial charge in [-0.3, -0.25) is 0 Å². The van der Waals surface area contributed by atoms with E-state index in [0.717, 1.165) is 15.1 Å². The van der Waals surface area contributed by atoms with Gasteiger partial charge >= 0.3 is 0 Å². The predicted octanol–water partition coefficient (Wildman–Crippen LogP) is 3.57. The Bertz CT molecular complexity index is 507. The van der Waals surface area contributed by atoms with Gasteiger partial charge < -0.3 is 9.63 Å². The van der Waals surface area contributed by atoms with Crippen molar-refractivity contribution < 1.29 is 9.63 Å². The van der Waals surface area contributed by atoms with Crippen molar-refractivity contribution in [2.45, 2.75) is 32.3 Å². The first-order valence-electron chi connectivity index (χ1n) is 5.35. The van der Waals surface area contributed by atoms with Crippen molar-refractivity contribution in [3.8, 4) is 10.7 Å². The van der Waals surface area contributed by atoms with E-state index in [2.05, 4.69) is 26.1 Å². The van der Waals surface area contributed by atoms with Crippen LogP contribution < -0.4 is 0 Å². The zero-order chi connectivity index (χ0) is 12.5. The summed E-state index contributed by atoms with van der Waals surface area (Å²) in [6, 6.07) is 3.85. The molecule has 0 aromatic carbocycles. The number of aromatic nitrogens is 2. The van der Waals surface area contributed by atoms with Crippen LogP contribution >= 0.6 is 27.3 Å². The Hall–Kier alpha value is -0.720. The molecule has 0 aliphatic heterocycles. The molecule has 2 aromatic rings. The van der Waals surface area contributed by atoms with E-state index in [4.69, 9.17) is 4.52 Å². The maximum absolute atomic E-state index is 10.1. The molecule has 0 amide bonds. The van der Waals surface area contributed by atoms with Gasteiger partial charge in [-0.15, -0.1) is 11.3 Å². The number of thiophene rings is 1. The normalized spacial score (nSPS) is 14.8. The molecule has 0 saturated carbocycles. The Labute approximate surface area is 112 Å². The molecule has 17 heavy (non-hydrogen) atoms. The van der Waals surface area contributed by atoms with E-state index in [-0.39, 0.29) is 5.89 Å². The summed E-state index contributed by atoms with van der Waals surface area (Å²) in [5.74, 6) is 0.797. The first-order valence-corrected chi connectivity index (χ1v) is 6.96. The van der Waals surface area contributed by atoms with Gasteiger partial charge in [0, 0.05) is 0 Å². The van der Waals surface area contributed by atoms with Gasteiger partial charge in [0.2, 0.25) is 5.82 Å². The van der Waals surface area contributed by atoms with Crippen molar-refractivity contribution in [1.29, 1.82) is 0 Å². The summed E-state index contributed by atoms with van der Waals surface area (Å²) in [4.78, 5) is 5.16. The van der Waals surface area contributed by atoms with Gasteiger partial charge in [-0.1, -0.05) is 18.5 Å². The lowest BCUT2D eigenvalue weighted by Gasteiger charge is -2.16. The standard InChI is InChI=1S/C11H13BrN2O2S/c1-3-6-11(2,15)10-13-9(14-16-10)7-4-5-8(12)17-7/h4-5,15H,3,6H2,1-2H3/t11-/m0/s1. The maximum Gasteiger partial charge on any atom is 0.258 e. The van der Waals surface area contributed by atoms with Gasteiger partial charge in [-0.2, -0.15) is 4.98 Å². The van der Waals surface area contributed by atoms with Gasteiger partial charge in [0.1, 0.15) is 5.60 Å². The van der Waals surface area contributed by atoms with Crippen LogP contribution in [0.1, 0.15) is 32.6 Å². The molecule has 0 aliphatic carbocycles. The Morgan fingerprint density at radius 1 is 1.53 bits per heavy atom. The minimum absolute atomic E-state index is 0.277. The van der Waals surface area contributed by atoms with E-state index in [0.29, 0.717) is 12.2 Å². The molecule has 0 saturated heterocycles. The van der Waals surface area contributed by atoms with Crippen LogP contribution in [0.25, 0.3) is 10.7 Å². The zero-order valence-electron chi connectivity index (χ0n) is 9.61. The minimum atomic E-state index is -1.05. The molecule has 4 nitrogen and oxygen atoms in total. The fourth-order valence-corrected chi connectivity index (χ4v) is 2.88. The molecule has 1 atom stereocenters. The Morgan fingerprint density at radius 2 is 2.29 bits per heavy atom. The molecule has 92 valence electrons. The van der Waals surface area contributed by atoms with E-state index < -0.39 is 5.60 Å². The molecule has 0 radical (unpaired) electrons. The summed E-state index contributed by atoms with van der Waals surface area (Å²) in [6.07, 6.45) is 1.46. The van der Waals surface area contributed by atoms with E-state index >= 15 is 0 Å². The molecule has 0 unspecified atom stereocenters. The molecule has 6 heteroatoms. The number of hydrogen-bond acceptors (Lipinski definition) is 5. The number of rotatable bonds is 4. The smallest absolute Gasteiger partial charge is 0.258 e. The molecule has 2 aromatic heterocycles. The highest BCUT2D eigenvalue weighted by atomic mass is 79.9. The quantitative estimate of drug-likeness (QED) is 0.936. The third-order valence-corrected chi connectivity index (χ3v) is 4.04. The summed E-state index contributed by atoms with van der Waals surface area (Å²) in [5.41, 5.74) is -1.05. The third-order valence-electron chi connectivity index (χ3n) is 2.42. The topological polar surface area (TPSA) is 59.2 Å². The Balaban J connectivity index is 2.27. The number of halogens is 1. The highest BCUT2D eigenvalue weighted by molar-refractivity contribution is 9.11. The summed E-state index contributed by atoms with van der Waals surface area (Å²) in [7, 11) is 0. The minimum Gasteiger partial charge on any atom is -0.380 e. The monoisotopic (exact) mass is 316 g/mol. The average Bonchev–Trinajstić information content (AvgIpc) is 2.85. The van der Waals surface area contributed by atoms with E-state index in [1.54, 1.807) is 6.92 Å². The summed E-state index contributed by atoms with van der Waals surface area (Å²) in [6.45, 7) is 3.69. The lowest BCUT2D eigenvalue weighted by molar-refractivity contribution is 0.0138. The summed E-state index contributed by atoms with van der Waals surface area (Å²) in [5, 5.41) is 14.0. The van der Waals surface area contributed by atoms with Gasteiger partial charge in [0.25, 0.3) is 5.89 Å². The van der Waals surface area contributed by atoms with Crippen LogP contribution in [-0.2, 0) is 5.60 Å². The first-order chi connectivity index (χ1) is 8.03. The zero-order valence-corrected chi connectivity index (χ0v) is 12.0. The molecule has 0 fully saturated rings. The van der Waals surface area contributed by atoms with Crippen molar-refractivity contribution in [2.24, 2.45) is 0 Å². The van der Waals surface area contributed by atoms with Crippen LogP contribution in [0.5, 0.6) is 0 Å². The van der Waals surface area contributed by atoms with E-state index in [1.807, 2.05) is 19.1 Å². The van der Waals surface area contributed by atoms with Gasteiger partial charge in [-0.25, -0.2) is 0 Å². The lowest BCUT2D eigenvalue weighted by atomic mass is 10.0. The number of hydrogen-bond donors (Lipinski definition) is 1. The van der Waals surface area contributed by atoms with Crippen LogP contribution in [-0.4, -0.2) is 15.2 Å². The molecule has 0 aliphatic rings. The highest BCUT2D eigenvalue weighted by Gasteiger charge is 2.29. The van der Waals surface area contributed by atoms with Crippen molar-refractivity contribution in [3.63, 3.8) is 0 Å². The third kappa shape index (κ3) is 2.75. The Kier molecular flexibility index (Phi) is 3.65. The molecule has 1 N–H and O–H groups in total.